The lowest BCUT2D eigenvalue weighted by Gasteiger charge is -2.40. The third-order valence-electron chi connectivity index (χ3n) is 8.90. The molecule has 0 saturated carbocycles. The Morgan fingerprint density at radius 2 is 1.67 bits per heavy atom. The lowest BCUT2D eigenvalue weighted by atomic mass is 9.63. The van der Waals surface area contributed by atoms with Crippen LogP contribution in [0.15, 0.2) is 60.7 Å². The molecule has 226 valence electrons. The number of fused-ring (bicyclic) bond motifs is 1. The number of amides is 1. The maximum absolute atomic E-state index is 16.4. The van der Waals surface area contributed by atoms with E-state index in [-0.39, 0.29) is 29.6 Å². The number of piperidine rings is 1. The Morgan fingerprint density at radius 1 is 1.07 bits per heavy atom. The van der Waals surface area contributed by atoms with Crippen molar-refractivity contribution in [1.82, 2.24) is 9.80 Å². The van der Waals surface area contributed by atoms with E-state index in [1.54, 1.807) is 50.3 Å². The molecule has 3 aromatic carbocycles. The first-order valence-electron chi connectivity index (χ1n) is 14.2. The molecule has 2 heterocycles. The summed E-state index contributed by atoms with van der Waals surface area (Å²) in [5.74, 6) is -1.50. The van der Waals surface area contributed by atoms with Gasteiger partial charge in [0.05, 0.1) is 30.2 Å². The topological polar surface area (TPSA) is 79.3 Å². The zero-order valence-corrected chi connectivity index (χ0v) is 25.9. The second kappa shape index (κ2) is 12.6. The van der Waals surface area contributed by atoms with E-state index in [1.807, 2.05) is 12.1 Å². The van der Waals surface area contributed by atoms with Crippen LogP contribution in [-0.2, 0) is 32.0 Å². The lowest BCUT2D eigenvalue weighted by molar-refractivity contribution is -0.141. The summed E-state index contributed by atoms with van der Waals surface area (Å²) in [5, 5.41) is 12.9. The number of hydrogen-bond donors (Lipinski definition) is 1. The Balaban J connectivity index is 1.51. The van der Waals surface area contributed by atoms with E-state index in [1.165, 1.54) is 25.2 Å². The van der Waals surface area contributed by atoms with E-state index in [2.05, 4.69) is 4.90 Å². The molecule has 1 amide bonds. The van der Waals surface area contributed by atoms with Gasteiger partial charge in [0.15, 0.2) is 5.72 Å². The number of hydrogen-bond acceptors (Lipinski definition) is 6. The number of esters is 1. The first-order valence-corrected chi connectivity index (χ1v) is 15.0. The van der Waals surface area contributed by atoms with Gasteiger partial charge >= 0.3 is 5.97 Å². The number of aliphatic hydroxyl groups is 1. The Labute approximate surface area is 261 Å². The molecular formula is C32H34BCl2FN2O5. The summed E-state index contributed by atoms with van der Waals surface area (Å²) in [4.78, 5) is 29.4. The first-order chi connectivity index (χ1) is 20.5. The molecule has 1 N–H and O–H groups in total. The summed E-state index contributed by atoms with van der Waals surface area (Å²) < 4.78 is 27.3. The first kappa shape index (κ1) is 31.5. The molecule has 0 bridgehead atoms. The largest absolute Gasteiger partial charge is 0.469 e. The van der Waals surface area contributed by atoms with E-state index < -0.39 is 22.9 Å². The molecular weight excluding hydrogens is 593 g/mol. The fraction of sp³-hybridized carbons (Fsp3) is 0.375. The SMILES string of the molecule is B[C@@](O)(c1cc(F)c2c(c1)C(=O)N(Cc1ccc(Cl)cc1)C2(OC)c1ccc(Cl)cc1)C1CCN(CCC(=O)OC)CC1. The molecule has 11 heteroatoms. The highest BCUT2D eigenvalue weighted by Gasteiger charge is 2.54. The predicted molar refractivity (Wildman–Crippen MR) is 165 cm³/mol. The average molecular weight is 627 g/mol. The van der Waals surface area contributed by atoms with Crippen molar-refractivity contribution in [3.8, 4) is 0 Å². The molecule has 5 rings (SSSR count). The maximum Gasteiger partial charge on any atom is 0.306 e. The van der Waals surface area contributed by atoms with Crippen molar-refractivity contribution < 1.29 is 28.6 Å². The molecule has 3 aromatic rings. The smallest absolute Gasteiger partial charge is 0.306 e. The van der Waals surface area contributed by atoms with Crippen LogP contribution in [0.3, 0.4) is 0 Å². The van der Waals surface area contributed by atoms with Gasteiger partial charge in [-0.3, -0.25) is 14.5 Å². The highest BCUT2D eigenvalue weighted by atomic mass is 35.5. The minimum absolute atomic E-state index is 0.0912. The van der Waals surface area contributed by atoms with Crippen LogP contribution in [0.4, 0.5) is 4.39 Å². The summed E-state index contributed by atoms with van der Waals surface area (Å²) in [6, 6.07) is 16.8. The normalized spacial score (nSPS) is 20.6. The number of benzene rings is 3. The van der Waals surface area contributed by atoms with Crippen molar-refractivity contribution in [2.45, 2.75) is 37.0 Å². The van der Waals surface area contributed by atoms with Crippen molar-refractivity contribution in [2.24, 2.45) is 5.92 Å². The summed E-state index contributed by atoms with van der Waals surface area (Å²) in [6.45, 7) is 2.07. The van der Waals surface area contributed by atoms with Gasteiger partial charge in [-0.15, -0.1) is 0 Å². The molecule has 2 aliphatic rings. The standard InChI is InChI=1S/C32H34BCl2FN2O5/c1-42-28(39)13-16-37-14-11-21(12-15-37)31(33,41)23-17-26-29(27(36)18-23)32(43-2,22-5-9-25(35)10-6-22)38(30(26)40)19-20-3-7-24(34)8-4-20/h3-10,17-18,21,41H,11-16,19,33H2,1-2H3/t31-,32?/m0/s1. The number of methoxy groups -OCH3 is 2. The van der Waals surface area contributed by atoms with Crippen molar-refractivity contribution in [1.29, 1.82) is 0 Å². The van der Waals surface area contributed by atoms with Gasteiger partial charge in [0.25, 0.3) is 5.91 Å². The van der Waals surface area contributed by atoms with Crippen molar-refractivity contribution in [3.63, 3.8) is 0 Å². The molecule has 0 radical (unpaired) electrons. The Bertz CT molecular complexity index is 1500. The Kier molecular flexibility index (Phi) is 9.21. The van der Waals surface area contributed by atoms with Gasteiger partial charge < -0.3 is 19.5 Å². The molecule has 0 aromatic heterocycles. The second-order valence-corrected chi connectivity index (χ2v) is 12.2. The fourth-order valence-electron chi connectivity index (χ4n) is 6.40. The van der Waals surface area contributed by atoms with Gasteiger partial charge in [0.2, 0.25) is 0 Å². The monoisotopic (exact) mass is 626 g/mol. The summed E-state index contributed by atoms with van der Waals surface area (Å²) in [5.41, 5.74) is -1.09. The average Bonchev–Trinajstić information content (AvgIpc) is 3.25. The number of ether oxygens (including phenoxy) is 2. The predicted octanol–water partition coefficient (Wildman–Crippen LogP) is 4.69. The summed E-state index contributed by atoms with van der Waals surface area (Å²) in [6.07, 6.45) is 1.60. The number of carbonyl (C=O) groups is 2. The Hall–Kier alpha value is -2.95. The number of carbonyl (C=O) groups excluding carboxylic acids is 2. The van der Waals surface area contributed by atoms with Gasteiger partial charge in [-0.25, -0.2) is 4.39 Å². The van der Waals surface area contributed by atoms with Crippen LogP contribution in [0.1, 0.15) is 51.9 Å². The number of halogens is 3. The van der Waals surface area contributed by atoms with Gasteiger partial charge in [0.1, 0.15) is 13.7 Å². The molecule has 2 aliphatic heterocycles. The van der Waals surface area contributed by atoms with Crippen LogP contribution in [0, 0.1) is 11.7 Å². The molecule has 2 atom stereocenters. The van der Waals surface area contributed by atoms with E-state index in [0.29, 0.717) is 60.1 Å². The van der Waals surface area contributed by atoms with Crippen LogP contribution in [0.25, 0.3) is 0 Å². The summed E-state index contributed by atoms with van der Waals surface area (Å²) >= 11 is 12.3. The van der Waals surface area contributed by atoms with E-state index in [9.17, 15) is 14.7 Å². The summed E-state index contributed by atoms with van der Waals surface area (Å²) in [7, 11) is 4.50. The van der Waals surface area contributed by atoms with E-state index >= 15 is 4.39 Å². The molecule has 0 aliphatic carbocycles. The van der Waals surface area contributed by atoms with Gasteiger partial charge in [-0.2, -0.15) is 0 Å². The third-order valence-corrected chi connectivity index (χ3v) is 9.40. The van der Waals surface area contributed by atoms with Crippen LogP contribution < -0.4 is 0 Å². The lowest BCUT2D eigenvalue weighted by Crippen LogP contribution is -2.46. The van der Waals surface area contributed by atoms with Crippen molar-refractivity contribution >= 4 is 42.9 Å². The van der Waals surface area contributed by atoms with Gasteiger partial charge in [-0.1, -0.05) is 47.5 Å². The number of likely N-dealkylation sites (tertiary alicyclic amines) is 1. The zero-order valence-electron chi connectivity index (χ0n) is 24.4. The zero-order chi connectivity index (χ0) is 30.9. The van der Waals surface area contributed by atoms with Crippen LogP contribution in [-0.4, -0.2) is 68.5 Å². The van der Waals surface area contributed by atoms with Crippen LogP contribution in [0.5, 0.6) is 0 Å². The molecule has 43 heavy (non-hydrogen) atoms. The van der Waals surface area contributed by atoms with Gasteiger partial charge in [-0.05, 0) is 79.4 Å². The molecule has 7 nitrogen and oxygen atoms in total. The highest BCUT2D eigenvalue weighted by Crippen LogP contribution is 2.48. The molecule has 1 saturated heterocycles. The molecule has 0 spiro atoms. The fourth-order valence-corrected chi connectivity index (χ4v) is 6.65. The molecule has 1 unspecified atom stereocenters. The maximum atomic E-state index is 16.4. The number of nitrogens with zero attached hydrogens (tertiary/aromatic N) is 2. The third kappa shape index (κ3) is 5.93. The highest BCUT2D eigenvalue weighted by molar-refractivity contribution is 6.30. The Morgan fingerprint density at radius 3 is 2.26 bits per heavy atom. The van der Waals surface area contributed by atoms with Crippen molar-refractivity contribution in [2.75, 3.05) is 33.9 Å². The van der Waals surface area contributed by atoms with Crippen LogP contribution in [0.2, 0.25) is 10.0 Å². The van der Waals surface area contributed by atoms with E-state index in [4.69, 9.17) is 32.7 Å². The quantitative estimate of drug-likeness (QED) is 0.274. The van der Waals surface area contributed by atoms with Gasteiger partial charge in [0, 0.05) is 35.8 Å². The second-order valence-electron chi connectivity index (χ2n) is 11.3. The number of rotatable bonds is 9. The van der Waals surface area contributed by atoms with E-state index in [0.717, 1.165) is 5.56 Å². The van der Waals surface area contributed by atoms with Crippen LogP contribution >= 0.6 is 23.2 Å². The van der Waals surface area contributed by atoms with Crippen molar-refractivity contribution in [3.05, 3.63) is 104 Å². The minimum Gasteiger partial charge on any atom is -0.469 e. The minimum atomic E-state index is -1.57. The molecule has 1 fully saturated rings.